The number of carbonyl (C=O) groups is 2. The topological polar surface area (TPSA) is 95.7 Å². The molecule has 6 nitrogen and oxygen atoms in total. The molecule has 1 rings (SSSR count). The number of rotatable bonds is 6. The molecule has 1 saturated carbocycles. The summed E-state index contributed by atoms with van der Waals surface area (Å²) in [5, 5.41) is 12.8. The van der Waals surface area contributed by atoms with Gasteiger partial charge in [0.05, 0.1) is 5.60 Å². The van der Waals surface area contributed by atoms with E-state index in [1.165, 1.54) is 4.90 Å². The van der Waals surface area contributed by atoms with Gasteiger partial charge in [-0.15, -0.1) is 0 Å². The van der Waals surface area contributed by atoms with Crippen molar-refractivity contribution >= 4 is 11.9 Å². The lowest BCUT2D eigenvalue weighted by Gasteiger charge is -2.31. The van der Waals surface area contributed by atoms with E-state index < -0.39 is 17.7 Å². The summed E-state index contributed by atoms with van der Waals surface area (Å²) in [6, 6.07) is -1.32. The highest BCUT2D eigenvalue weighted by atomic mass is 16.3. The minimum absolute atomic E-state index is 0.196. The van der Waals surface area contributed by atoms with E-state index in [0.29, 0.717) is 13.0 Å². The molecule has 0 bridgehead atoms. The van der Waals surface area contributed by atoms with Crippen LogP contribution in [-0.2, 0) is 4.79 Å². The predicted molar refractivity (Wildman–Crippen MR) is 77.0 cm³/mol. The molecule has 0 aromatic rings. The Kier molecular flexibility index (Phi) is 5.80. The van der Waals surface area contributed by atoms with Gasteiger partial charge >= 0.3 is 6.03 Å². The Hall–Kier alpha value is -1.30. The Morgan fingerprint density at radius 1 is 1.35 bits per heavy atom. The van der Waals surface area contributed by atoms with Crippen LogP contribution in [0.2, 0.25) is 0 Å². The molecule has 20 heavy (non-hydrogen) atoms. The molecule has 0 saturated heterocycles. The number of urea groups is 1. The van der Waals surface area contributed by atoms with Gasteiger partial charge in [0.25, 0.3) is 0 Å². The van der Waals surface area contributed by atoms with Crippen LogP contribution in [-0.4, -0.2) is 47.2 Å². The second-order valence-electron chi connectivity index (χ2n) is 6.32. The van der Waals surface area contributed by atoms with Crippen LogP contribution in [0.25, 0.3) is 0 Å². The summed E-state index contributed by atoms with van der Waals surface area (Å²) in [5.41, 5.74) is 4.35. The zero-order valence-corrected chi connectivity index (χ0v) is 12.7. The number of carbonyl (C=O) groups excluding carboxylic acids is 2. The van der Waals surface area contributed by atoms with Crippen LogP contribution in [0.3, 0.4) is 0 Å². The fraction of sp³-hybridized carbons (Fsp3) is 0.857. The number of likely N-dealkylation sites (N-methyl/N-ethyl adjacent to an activating group) is 1. The maximum atomic E-state index is 12.4. The summed E-state index contributed by atoms with van der Waals surface area (Å²) in [6.07, 6.45) is 3.97. The minimum atomic E-state index is -0.778. The molecule has 1 atom stereocenters. The van der Waals surface area contributed by atoms with Crippen molar-refractivity contribution in [2.75, 3.05) is 13.6 Å². The van der Waals surface area contributed by atoms with Crippen LogP contribution in [0, 0.1) is 5.92 Å². The van der Waals surface area contributed by atoms with Gasteiger partial charge in [-0.2, -0.15) is 0 Å². The lowest BCUT2D eigenvalue weighted by molar-refractivity contribution is -0.135. The monoisotopic (exact) mass is 285 g/mol. The van der Waals surface area contributed by atoms with Crippen molar-refractivity contribution in [2.24, 2.45) is 11.7 Å². The Morgan fingerprint density at radius 3 is 2.35 bits per heavy atom. The first-order valence-corrected chi connectivity index (χ1v) is 7.27. The van der Waals surface area contributed by atoms with Gasteiger partial charge < -0.3 is 21.1 Å². The van der Waals surface area contributed by atoms with Crippen LogP contribution in [0.4, 0.5) is 4.79 Å². The van der Waals surface area contributed by atoms with Crippen molar-refractivity contribution in [2.45, 2.75) is 57.6 Å². The van der Waals surface area contributed by atoms with Crippen molar-refractivity contribution in [1.29, 1.82) is 0 Å². The van der Waals surface area contributed by atoms with Crippen molar-refractivity contribution in [3.05, 3.63) is 0 Å². The van der Waals surface area contributed by atoms with Crippen molar-refractivity contribution in [3.63, 3.8) is 0 Å². The maximum Gasteiger partial charge on any atom is 0.312 e. The smallest absolute Gasteiger partial charge is 0.312 e. The second kappa shape index (κ2) is 6.92. The van der Waals surface area contributed by atoms with E-state index in [4.69, 9.17) is 5.73 Å². The Labute approximate surface area is 120 Å². The summed E-state index contributed by atoms with van der Waals surface area (Å²) in [7, 11) is 1.66. The Balaban J connectivity index is 2.64. The number of hydrogen-bond donors (Lipinski definition) is 3. The fourth-order valence-corrected chi connectivity index (χ4v) is 2.84. The summed E-state index contributed by atoms with van der Waals surface area (Å²) in [5.74, 6) is 0.0663. The number of primary amides is 1. The summed E-state index contributed by atoms with van der Waals surface area (Å²) < 4.78 is 0. The number of nitrogens with two attached hydrogens (primary N) is 1. The molecule has 0 spiro atoms. The lowest BCUT2D eigenvalue weighted by Crippen LogP contribution is -2.52. The van der Waals surface area contributed by atoms with Gasteiger partial charge in [0.15, 0.2) is 0 Å². The van der Waals surface area contributed by atoms with Crippen molar-refractivity contribution < 1.29 is 14.7 Å². The molecule has 3 amide bonds. The molecule has 116 valence electrons. The average Bonchev–Trinajstić information content (AvgIpc) is 2.72. The molecule has 0 radical (unpaired) electrons. The van der Waals surface area contributed by atoms with Crippen LogP contribution in [0.1, 0.15) is 46.0 Å². The van der Waals surface area contributed by atoms with E-state index in [-0.39, 0.29) is 11.8 Å². The van der Waals surface area contributed by atoms with Crippen LogP contribution in [0.5, 0.6) is 0 Å². The molecule has 0 aromatic carbocycles. The zero-order chi connectivity index (χ0) is 15.3. The molecule has 0 aromatic heterocycles. The number of nitrogens with one attached hydrogen (secondary N) is 1. The number of nitrogens with zero attached hydrogens (tertiary/aromatic N) is 1. The Bertz CT molecular complexity index is 352. The minimum Gasteiger partial charge on any atom is -0.388 e. The predicted octanol–water partition coefficient (Wildman–Crippen LogP) is 0.833. The summed E-state index contributed by atoms with van der Waals surface area (Å²) >= 11 is 0. The van der Waals surface area contributed by atoms with E-state index in [1.807, 2.05) is 13.8 Å². The highest BCUT2D eigenvalue weighted by molar-refractivity contribution is 5.86. The van der Waals surface area contributed by atoms with Crippen LogP contribution >= 0.6 is 0 Å². The molecule has 1 aliphatic rings. The van der Waals surface area contributed by atoms with Gasteiger partial charge in [0, 0.05) is 13.6 Å². The molecular formula is C14H27N3O3. The lowest BCUT2D eigenvalue weighted by atomic mass is 9.99. The molecule has 4 N–H and O–H groups in total. The third-order valence-electron chi connectivity index (χ3n) is 3.76. The van der Waals surface area contributed by atoms with Crippen LogP contribution < -0.4 is 11.1 Å². The molecule has 1 unspecified atom stereocenters. The first kappa shape index (κ1) is 16.8. The number of hydrogen-bond acceptors (Lipinski definition) is 3. The molecule has 6 heteroatoms. The molecule has 1 aliphatic carbocycles. The molecular weight excluding hydrogens is 258 g/mol. The normalized spacial score (nSPS) is 18.9. The number of aliphatic hydroxyl groups is 1. The highest BCUT2D eigenvalue weighted by Crippen LogP contribution is 2.30. The van der Waals surface area contributed by atoms with Gasteiger partial charge in [-0.3, -0.25) is 4.79 Å². The quantitative estimate of drug-likeness (QED) is 0.674. The van der Waals surface area contributed by atoms with E-state index in [2.05, 4.69) is 5.32 Å². The summed E-state index contributed by atoms with van der Waals surface area (Å²) in [6.45, 7) is 4.27. The van der Waals surface area contributed by atoms with Gasteiger partial charge in [0.2, 0.25) is 5.91 Å². The van der Waals surface area contributed by atoms with Crippen molar-refractivity contribution in [1.82, 2.24) is 10.2 Å². The second-order valence-corrected chi connectivity index (χ2v) is 6.32. The number of amides is 3. The van der Waals surface area contributed by atoms with E-state index in [1.54, 1.807) is 7.05 Å². The zero-order valence-electron chi connectivity index (χ0n) is 12.7. The van der Waals surface area contributed by atoms with Gasteiger partial charge in [-0.25, -0.2) is 4.79 Å². The standard InChI is InChI=1S/C14H27N3O3/c1-10(2)8-11(16-13(15)19)12(18)17(3)9-14(20)6-4-5-7-14/h10-11,20H,4-9H2,1-3H3,(H3,15,16,19). The van der Waals surface area contributed by atoms with E-state index >= 15 is 0 Å². The van der Waals surface area contributed by atoms with Gasteiger partial charge in [-0.05, 0) is 25.2 Å². The highest BCUT2D eigenvalue weighted by Gasteiger charge is 2.35. The van der Waals surface area contributed by atoms with Gasteiger partial charge in [-0.1, -0.05) is 26.7 Å². The first-order valence-electron chi connectivity index (χ1n) is 7.27. The third kappa shape index (κ3) is 5.00. The van der Waals surface area contributed by atoms with Gasteiger partial charge in [0.1, 0.15) is 6.04 Å². The third-order valence-corrected chi connectivity index (χ3v) is 3.76. The SMILES string of the molecule is CC(C)CC(NC(N)=O)C(=O)N(C)CC1(O)CCCC1. The van der Waals surface area contributed by atoms with Crippen molar-refractivity contribution in [3.8, 4) is 0 Å². The van der Waals surface area contributed by atoms with E-state index in [0.717, 1.165) is 25.7 Å². The van der Waals surface area contributed by atoms with Crippen LogP contribution in [0.15, 0.2) is 0 Å². The Morgan fingerprint density at radius 2 is 1.90 bits per heavy atom. The molecule has 0 aliphatic heterocycles. The van der Waals surface area contributed by atoms with E-state index in [9.17, 15) is 14.7 Å². The first-order chi connectivity index (χ1) is 9.23. The largest absolute Gasteiger partial charge is 0.388 e. The molecule has 1 fully saturated rings. The maximum absolute atomic E-state index is 12.4. The fourth-order valence-electron chi connectivity index (χ4n) is 2.84. The molecule has 0 heterocycles. The average molecular weight is 285 g/mol. The summed E-state index contributed by atoms with van der Waals surface area (Å²) in [4.78, 5) is 24.9.